The average molecular weight is 500 g/mol. The quantitative estimate of drug-likeness (QED) is 0.342. The van der Waals surface area contributed by atoms with E-state index in [4.69, 9.17) is 0 Å². The molecule has 0 unspecified atom stereocenters. The predicted molar refractivity (Wildman–Crippen MR) is 124 cm³/mol. The van der Waals surface area contributed by atoms with E-state index < -0.39 is 0 Å². The summed E-state index contributed by atoms with van der Waals surface area (Å²) >= 11 is 4.15. The number of pyridine rings is 1. The van der Waals surface area contributed by atoms with Gasteiger partial charge in [-0.05, 0) is 71.3 Å². The van der Waals surface area contributed by atoms with Crippen LogP contribution in [0.5, 0.6) is 0 Å². The van der Waals surface area contributed by atoms with Crippen molar-refractivity contribution in [3.63, 3.8) is 0 Å². The molecule has 0 aliphatic carbocycles. The summed E-state index contributed by atoms with van der Waals surface area (Å²) in [7, 11) is 0. The maximum Gasteiger partial charge on any atom is 0.246 e. The van der Waals surface area contributed by atoms with Crippen molar-refractivity contribution in [3.05, 3.63) is 85.4 Å². The van der Waals surface area contributed by atoms with Crippen molar-refractivity contribution in [3.8, 4) is 11.1 Å². The van der Waals surface area contributed by atoms with Gasteiger partial charge in [-0.15, -0.1) is 11.3 Å². The van der Waals surface area contributed by atoms with Crippen LogP contribution < -0.4 is 0 Å². The molecule has 1 amide bonds. The number of benzene rings is 1. The number of hydrogen-bond acceptors (Lipinski definition) is 3. The minimum absolute atomic E-state index is 0.00952. The van der Waals surface area contributed by atoms with Crippen LogP contribution in [0.15, 0.2) is 55.1 Å². The number of amides is 1. The molecule has 3 heterocycles. The molecule has 28 heavy (non-hydrogen) atoms. The van der Waals surface area contributed by atoms with Gasteiger partial charge in [0.05, 0.1) is 9.43 Å². The number of fused-ring (bicyclic) bond motifs is 1. The number of aromatic nitrogens is 1. The second-order valence-electron chi connectivity index (χ2n) is 7.08. The Kier molecular flexibility index (Phi) is 5.38. The third-order valence-electron chi connectivity index (χ3n) is 5.26. The van der Waals surface area contributed by atoms with Gasteiger partial charge in [0.25, 0.3) is 0 Å². The first-order valence-corrected chi connectivity index (χ1v) is 11.1. The van der Waals surface area contributed by atoms with Crippen LogP contribution in [0.1, 0.15) is 33.3 Å². The molecule has 0 bridgehead atoms. The molecule has 1 atom stereocenters. The molecule has 0 saturated heterocycles. The van der Waals surface area contributed by atoms with Crippen LogP contribution in [0.25, 0.3) is 11.1 Å². The molecule has 142 valence electrons. The van der Waals surface area contributed by atoms with E-state index in [1.165, 1.54) is 30.5 Å². The highest BCUT2D eigenvalue weighted by Crippen LogP contribution is 2.42. The fourth-order valence-corrected chi connectivity index (χ4v) is 6.06. The Morgan fingerprint density at radius 1 is 1.21 bits per heavy atom. The second kappa shape index (κ2) is 7.79. The molecule has 0 spiro atoms. The number of rotatable bonds is 3. The lowest BCUT2D eigenvalue weighted by Crippen LogP contribution is -2.37. The number of carbonyl (C=O) groups excluding carboxylic acids is 1. The first-order valence-electron chi connectivity index (χ1n) is 9.21. The number of carbonyl (C=O) groups is 1. The normalized spacial score (nSPS) is 16.0. The summed E-state index contributed by atoms with van der Waals surface area (Å²) in [6, 6.07) is 15.0. The monoisotopic (exact) mass is 500 g/mol. The van der Waals surface area contributed by atoms with E-state index in [0.717, 1.165) is 17.0 Å². The Balaban J connectivity index is 1.86. The largest absolute Gasteiger partial charge is 0.333 e. The van der Waals surface area contributed by atoms with E-state index in [9.17, 15) is 4.79 Å². The number of thiophene rings is 1. The summed E-state index contributed by atoms with van der Waals surface area (Å²) < 4.78 is 1.26. The van der Waals surface area contributed by atoms with Crippen molar-refractivity contribution in [2.75, 3.05) is 6.54 Å². The van der Waals surface area contributed by atoms with Crippen LogP contribution in [0, 0.1) is 16.7 Å². The average Bonchev–Trinajstić information content (AvgIpc) is 3.07. The van der Waals surface area contributed by atoms with Crippen molar-refractivity contribution < 1.29 is 4.79 Å². The summed E-state index contributed by atoms with van der Waals surface area (Å²) in [4.78, 5) is 20.2. The van der Waals surface area contributed by atoms with Crippen LogP contribution in [-0.2, 0) is 11.3 Å². The molecule has 4 rings (SSSR count). The zero-order valence-corrected chi connectivity index (χ0v) is 18.9. The van der Waals surface area contributed by atoms with Gasteiger partial charge in [-0.3, -0.25) is 9.78 Å². The Morgan fingerprint density at radius 2 is 2.00 bits per heavy atom. The van der Waals surface area contributed by atoms with Gasteiger partial charge in [-0.25, -0.2) is 0 Å². The number of hydrogen-bond donors (Lipinski definition) is 0. The third kappa shape index (κ3) is 3.53. The van der Waals surface area contributed by atoms with E-state index >= 15 is 0 Å². The lowest BCUT2D eigenvalue weighted by atomic mass is 9.83. The van der Waals surface area contributed by atoms with Crippen molar-refractivity contribution in [1.29, 1.82) is 0 Å². The number of aryl methyl sites for hydroxylation is 2. The second-order valence-corrected chi connectivity index (χ2v) is 10.1. The van der Waals surface area contributed by atoms with Gasteiger partial charge in [-0.1, -0.05) is 36.9 Å². The van der Waals surface area contributed by atoms with Crippen molar-refractivity contribution in [2.45, 2.75) is 26.3 Å². The Hall–Kier alpha value is -1.99. The first-order chi connectivity index (χ1) is 13.5. The molecule has 0 saturated carbocycles. The lowest BCUT2D eigenvalue weighted by molar-refractivity contribution is -0.127. The number of halogens is 1. The maximum atomic E-state index is 12.4. The Morgan fingerprint density at radius 3 is 2.75 bits per heavy atom. The zero-order valence-electron chi connectivity index (χ0n) is 15.9. The van der Waals surface area contributed by atoms with Crippen molar-refractivity contribution in [1.82, 2.24) is 9.88 Å². The summed E-state index contributed by atoms with van der Waals surface area (Å²) in [6.07, 6.45) is 1.42. The van der Waals surface area contributed by atoms with E-state index in [0.29, 0.717) is 13.1 Å². The van der Waals surface area contributed by atoms with Gasteiger partial charge >= 0.3 is 0 Å². The summed E-state index contributed by atoms with van der Waals surface area (Å²) in [5.41, 5.74) is 6.98. The molecule has 0 fully saturated rings. The molecule has 2 aromatic heterocycles. The minimum atomic E-state index is -0.00952. The van der Waals surface area contributed by atoms with Crippen LogP contribution in [0.4, 0.5) is 0 Å². The lowest BCUT2D eigenvalue weighted by Gasteiger charge is -2.33. The standard InChI is InChI=1S/C23H21IN2OS/c1-4-23(27)26-12-20(19-11-22(24)28-21(19)13-26)18-8-6-5-7-17(18)16-10-9-14(2)25-15(16)3/h4-11,20H,1,12-13H2,2-3H3/t20-/m1/s1. The molecule has 1 aromatic carbocycles. The fourth-order valence-electron chi connectivity index (χ4n) is 3.96. The first kappa shape index (κ1) is 19.3. The smallest absolute Gasteiger partial charge is 0.246 e. The van der Waals surface area contributed by atoms with E-state index in [1.807, 2.05) is 11.8 Å². The minimum Gasteiger partial charge on any atom is -0.333 e. The molecule has 0 radical (unpaired) electrons. The topological polar surface area (TPSA) is 33.2 Å². The Labute approximate surface area is 183 Å². The summed E-state index contributed by atoms with van der Waals surface area (Å²) in [6.45, 7) is 9.09. The predicted octanol–water partition coefficient (Wildman–Crippen LogP) is 5.69. The van der Waals surface area contributed by atoms with Gasteiger partial charge in [0.15, 0.2) is 0 Å². The highest BCUT2D eigenvalue weighted by Gasteiger charge is 2.31. The van der Waals surface area contributed by atoms with Crippen molar-refractivity contribution >= 4 is 39.8 Å². The van der Waals surface area contributed by atoms with Gasteiger partial charge in [0.2, 0.25) is 5.91 Å². The SMILES string of the molecule is C=CC(=O)N1Cc2sc(I)cc2[C@@H](c2ccccc2-c2ccc(C)nc2C)C1. The number of nitrogens with zero attached hydrogens (tertiary/aromatic N) is 2. The molecular formula is C23H21IN2OS. The van der Waals surface area contributed by atoms with E-state index in [-0.39, 0.29) is 11.8 Å². The molecule has 5 heteroatoms. The van der Waals surface area contributed by atoms with Crippen molar-refractivity contribution in [2.24, 2.45) is 0 Å². The molecule has 0 N–H and O–H groups in total. The van der Waals surface area contributed by atoms with Gasteiger partial charge in [0, 0.05) is 34.3 Å². The fraction of sp³-hybridized carbons (Fsp3) is 0.217. The Bertz CT molecular complexity index is 1070. The highest BCUT2D eigenvalue weighted by atomic mass is 127. The molecular weight excluding hydrogens is 479 g/mol. The van der Waals surface area contributed by atoms with E-state index in [2.05, 4.69) is 83.5 Å². The summed E-state index contributed by atoms with van der Waals surface area (Å²) in [5.74, 6) is 0.133. The summed E-state index contributed by atoms with van der Waals surface area (Å²) in [5, 5.41) is 0. The maximum absolute atomic E-state index is 12.4. The van der Waals surface area contributed by atoms with E-state index in [1.54, 1.807) is 11.3 Å². The van der Waals surface area contributed by atoms with Crippen LogP contribution in [0.3, 0.4) is 0 Å². The van der Waals surface area contributed by atoms with Gasteiger partial charge in [-0.2, -0.15) is 0 Å². The molecule has 1 aliphatic rings. The third-order valence-corrected chi connectivity index (χ3v) is 7.16. The molecule has 3 aromatic rings. The zero-order chi connectivity index (χ0) is 19.8. The van der Waals surface area contributed by atoms with Gasteiger partial charge < -0.3 is 4.90 Å². The van der Waals surface area contributed by atoms with Crippen LogP contribution >= 0.6 is 33.9 Å². The highest BCUT2D eigenvalue weighted by molar-refractivity contribution is 14.1. The van der Waals surface area contributed by atoms with Crippen LogP contribution in [0.2, 0.25) is 0 Å². The van der Waals surface area contributed by atoms with Crippen LogP contribution in [-0.4, -0.2) is 22.3 Å². The van der Waals surface area contributed by atoms with Gasteiger partial charge in [0.1, 0.15) is 0 Å². The molecule has 1 aliphatic heterocycles. The molecule has 3 nitrogen and oxygen atoms in total.